The highest BCUT2D eigenvalue weighted by Gasteiger charge is 2.24. The summed E-state index contributed by atoms with van der Waals surface area (Å²) in [4.78, 5) is 32.8. The largest absolute Gasteiger partial charge is 0.348 e. The fourth-order valence-corrected chi connectivity index (χ4v) is 4.79. The Morgan fingerprint density at radius 3 is 2.79 bits per heavy atom. The van der Waals surface area contributed by atoms with Gasteiger partial charge in [0.15, 0.2) is 0 Å². The first-order chi connectivity index (χ1) is 16.0. The van der Waals surface area contributed by atoms with Gasteiger partial charge in [-0.3, -0.25) is 14.6 Å². The van der Waals surface area contributed by atoms with Crippen molar-refractivity contribution in [3.8, 4) is 0 Å². The fourth-order valence-electron chi connectivity index (χ4n) is 4.20. The van der Waals surface area contributed by atoms with Crippen LogP contribution in [0.5, 0.6) is 0 Å². The molecule has 0 atom stereocenters. The zero-order valence-corrected chi connectivity index (χ0v) is 19.5. The van der Waals surface area contributed by atoms with Gasteiger partial charge in [0.1, 0.15) is 5.82 Å². The van der Waals surface area contributed by atoms with Crippen molar-refractivity contribution in [2.75, 3.05) is 12.8 Å². The molecule has 0 saturated heterocycles. The third kappa shape index (κ3) is 5.25. The first-order valence-electron chi connectivity index (χ1n) is 10.9. The van der Waals surface area contributed by atoms with Gasteiger partial charge in [0, 0.05) is 36.4 Å². The van der Waals surface area contributed by atoms with Crippen molar-refractivity contribution in [2.24, 2.45) is 0 Å². The van der Waals surface area contributed by atoms with E-state index in [9.17, 15) is 14.0 Å². The highest BCUT2D eigenvalue weighted by molar-refractivity contribution is 7.98. The van der Waals surface area contributed by atoms with Crippen molar-refractivity contribution in [3.63, 3.8) is 0 Å². The lowest BCUT2D eigenvalue weighted by molar-refractivity contribution is -0.131. The molecule has 1 aliphatic rings. The number of hydrogen-bond donors (Lipinski definition) is 1. The van der Waals surface area contributed by atoms with Crippen molar-refractivity contribution < 1.29 is 14.0 Å². The highest BCUT2D eigenvalue weighted by atomic mass is 32.2. The molecule has 1 aliphatic heterocycles. The van der Waals surface area contributed by atoms with Gasteiger partial charge in [-0.25, -0.2) is 4.39 Å². The molecule has 4 rings (SSSR count). The van der Waals surface area contributed by atoms with Gasteiger partial charge in [0.2, 0.25) is 5.91 Å². The van der Waals surface area contributed by atoms with E-state index in [4.69, 9.17) is 0 Å². The molecule has 0 aliphatic carbocycles. The Hall–Kier alpha value is -3.19. The minimum atomic E-state index is -0.337. The zero-order valence-electron chi connectivity index (χ0n) is 18.7. The van der Waals surface area contributed by atoms with Gasteiger partial charge in [-0.2, -0.15) is 0 Å². The number of nitrogens with one attached hydrogen (secondary N) is 1. The minimum Gasteiger partial charge on any atom is -0.348 e. The molecular formula is C26H26FN3O2S. The van der Waals surface area contributed by atoms with E-state index in [-0.39, 0.29) is 24.1 Å². The lowest BCUT2D eigenvalue weighted by atomic mass is 9.94. The number of fused-ring (bicyclic) bond motifs is 1. The Balaban J connectivity index is 1.46. The Labute approximate surface area is 197 Å². The number of carbonyl (C=O) groups is 2. The number of rotatable bonds is 6. The summed E-state index contributed by atoms with van der Waals surface area (Å²) in [7, 11) is 0. The summed E-state index contributed by atoms with van der Waals surface area (Å²) in [6, 6.07) is 13.7. The smallest absolute Gasteiger partial charge is 0.252 e. The summed E-state index contributed by atoms with van der Waals surface area (Å²) in [5, 5.41) is 3.04. The second-order valence-corrected chi connectivity index (χ2v) is 8.93. The van der Waals surface area contributed by atoms with Crippen LogP contribution in [-0.4, -0.2) is 34.5 Å². The number of carbonyl (C=O) groups excluding carboxylic acids is 2. The third-order valence-corrected chi connectivity index (χ3v) is 6.77. The van der Waals surface area contributed by atoms with E-state index in [0.29, 0.717) is 37.2 Å². The van der Waals surface area contributed by atoms with E-state index in [0.717, 1.165) is 27.3 Å². The normalized spacial score (nSPS) is 12.9. The van der Waals surface area contributed by atoms with Crippen LogP contribution in [0.4, 0.5) is 4.39 Å². The Morgan fingerprint density at radius 2 is 2.00 bits per heavy atom. The molecule has 7 heteroatoms. The molecule has 3 aromatic rings. The molecular weight excluding hydrogens is 437 g/mol. The van der Waals surface area contributed by atoms with Crippen molar-refractivity contribution in [2.45, 2.75) is 37.8 Å². The molecule has 2 heterocycles. The van der Waals surface area contributed by atoms with Gasteiger partial charge in [0.05, 0.1) is 12.0 Å². The maximum Gasteiger partial charge on any atom is 0.252 e. The van der Waals surface area contributed by atoms with Gasteiger partial charge >= 0.3 is 0 Å². The van der Waals surface area contributed by atoms with Crippen LogP contribution in [0.15, 0.2) is 59.6 Å². The molecule has 0 fully saturated rings. The van der Waals surface area contributed by atoms with Crippen molar-refractivity contribution in [1.82, 2.24) is 15.2 Å². The monoisotopic (exact) mass is 463 g/mol. The standard InChI is InChI=1S/C26H26FN3O2S/c1-17-23(15-29-26(32)22-8-3-4-9-24(22)33-2)21-10-11-30(16-19(21)14-28-17)25(31)13-18-6-5-7-20(27)12-18/h3-9,12,14H,10-11,13,15-16H2,1-2H3,(H,29,32). The average Bonchev–Trinajstić information content (AvgIpc) is 2.83. The lowest BCUT2D eigenvalue weighted by Gasteiger charge is -2.30. The maximum absolute atomic E-state index is 13.5. The predicted octanol–water partition coefficient (Wildman–Crippen LogP) is 4.31. The van der Waals surface area contributed by atoms with Gasteiger partial charge in [-0.1, -0.05) is 24.3 Å². The molecule has 33 heavy (non-hydrogen) atoms. The van der Waals surface area contributed by atoms with E-state index >= 15 is 0 Å². The number of aryl methyl sites for hydroxylation is 1. The van der Waals surface area contributed by atoms with Gasteiger partial charge in [-0.05, 0) is 66.1 Å². The molecule has 1 aromatic heterocycles. The van der Waals surface area contributed by atoms with Gasteiger partial charge in [0.25, 0.3) is 5.91 Å². The first kappa shape index (κ1) is 23.0. The average molecular weight is 464 g/mol. The summed E-state index contributed by atoms with van der Waals surface area (Å²) in [5.74, 6) is -0.481. The molecule has 170 valence electrons. The van der Waals surface area contributed by atoms with Crippen molar-refractivity contribution in [1.29, 1.82) is 0 Å². The first-order valence-corrected chi connectivity index (χ1v) is 12.1. The molecule has 0 bridgehead atoms. The number of benzene rings is 2. The second kappa shape index (κ2) is 10.2. The number of aromatic nitrogens is 1. The van der Waals surface area contributed by atoms with E-state index in [1.165, 1.54) is 12.1 Å². The van der Waals surface area contributed by atoms with E-state index in [2.05, 4.69) is 10.3 Å². The number of nitrogens with zero attached hydrogens (tertiary/aromatic N) is 2. The minimum absolute atomic E-state index is 0.0321. The molecule has 0 saturated carbocycles. The number of thioether (sulfide) groups is 1. The molecule has 0 radical (unpaired) electrons. The second-order valence-electron chi connectivity index (χ2n) is 8.08. The zero-order chi connectivity index (χ0) is 23.4. The SMILES string of the molecule is CSc1ccccc1C(=O)NCc1c(C)ncc2c1CCN(C(=O)Cc1cccc(F)c1)C2. The Bertz CT molecular complexity index is 1200. The van der Waals surface area contributed by atoms with Crippen molar-refractivity contribution in [3.05, 3.63) is 94.1 Å². The topological polar surface area (TPSA) is 62.3 Å². The molecule has 0 spiro atoms. The highest BCUT2D eigenvalue weighted by Crippen LogP contribution is 2.25. The Kier molecular flexibility index (Phi) is 7.08. The number of pyridine rings is 1. The maximum atomic E-state index is 13.5. The van der Waals surface area contributed by atoms with Crippen LogP contribution in [0, 0.1) is 12.7 Å². The summed E-state index contributed by atoms with van der Waals surface area (Å²) in [6.45, 7) is 3.38. The van der Waals surface area contributed by atoms with Crippen LogP contribution in [0.25, 0.3) is 0 Å². The molecule has 1 N–H and O–H groups in total. The Morgan fingerprint density at radius 1 is 1.18 bits per heavy atom. The predicted molar refractivity (Wildman–Crippen MR) is 128 cm³/mol. The van der Waals surface area contributed by atoms with E-state index in [1.54, 1.807) is 28.8 Å². The van der Waals surface area contributed by atoms with Gasteiger partial charge in [-0.15, -0.1) is 11.8 Å². The summed E-state index contributed by atoms with van der Waals surface area (Å²) >= 11 is 1.54. The van der Waals surface area contributed by atoms with Crippen LogP contribution in [0.1, 0.15) is 38.3 Å². The van der Waals surface area contributed by atoms with Crippen LogP contribution in [-0.2, 0) is 30.7 Å². The van der Waals surface area contributed by atoms with E-state index < -0.39 is 0 Å². The van der Waals surface area contributed by atoms with E-state index in [1.807, 2.05) is 43.6 Å². The van der Waals surface area contributed by atoms with Crippen LogP contribution in [0.3, 0.4) is 0 Å². The summed E-state index contributed by atoms with van der Waals surface area (Å²) in [5.41, 5.74) is 5.37. The fraction of sp³-hybridized carbons (Fsp3) is 0.269. The van der Waals surface area contributed by atoms with Gasteiger partial charge < -0.3 is 10.2 Å². The number of halogens is 1. The summed E-state index contributed by atoms with van der Waals surface area (Å²) in [6.07, 6.45) is 4.64. The molecule has 2 aromatic carbocycles. The molecule has 0 unspecified atom stereocenters. The molecule has 5 nitrogen and oxygen atoms in total. The lowest BCUT2D eigenvalue weighted by Crippen LogP contribution is -2.38. The third-order valence-electron chi connectivity index (χ3n) is 5.97. The van der Waals surface area contributed by atoms with Crippen LogP contribution >= 0.6 is 11.8 Å². The quantitative estimate of drug-likeness (QED) is 0.554. The van der Waals surface area contributed by atoms with Crippen LogP contribution in [0.2, 0.25) is 0 Å². The molecule has 2 amide bonds. The number of hydrogen-bond acceptors (Lipinski definition) is 4. The number of amides is 2. The van der Waals surface area contributed by atoms with Crippen molar-refractivity contribution >= 4 is 23.6 Å². The van der Waals surface area contributed by atoms with Crippen LogP contribution < -0.4 is 5.32 Å². The summed E-state index contributed by atoms with van der Waals surface area (Å²) < 4.78 is 13.5.